The predicted molar refractivity (Wildman–Crippen MR) is 110 cm³/mol. The third kappa shape index (κ3) is 3.94. The summed E-state index contributed by atoms with van der Waals surface area (Å²) in [6.45, 7) is 0. The third-order valence-electron chi connectivity index (χ3n) is 4.81. The van der Waals surface area contributed by atoms with Crippen LogP contribution in [-0.4, -0.2) is 19.9 Å². The standard InChI is InChI=1S/C23H18N6/c24-13-16-4-1-5-17(12-16)22(20-8-11-28-23(25)29-20)21(18-6-2-9-26-14-18)19-7-3-10-27-15-19/h1-12,14-15,21-22H,(H2,25,28,29)/t22-/m0/s1. The van der Waals surface area contributed by atoms with Crippen LogP contribution in [0.3, 0.4) is 0 Å². The molecule has 1 aromatic carbocycles. The molecule has 0 bridgehead atoms. The first-order valence-electron chi connectivity index (χ1n) is 9.14. The average Bonchev–Trinajstić information content (AvgIpc) is 2.78. The van der Waals surface area contributed by atoms with Gasteiger partial charge in [0.1, 0.15) is 0 Å². The molecule has 0 aliphatic carbocycles. The van der Waals surface area contributed by atoms with E-state index in [0.717, 1.165) is 22.4 Å². The number of pyridine rings is 2. The number of nitrogens with two attached hydrogens (primary N) is 1. The minimum atomic E-state index is -0.206. The molecule has 6 nitrogen and oxygen atoms in total. The number of benzene rings is 1. The Labute approximate surface area is 168 Å². The molecule has 6 heteroatoms. The number of aromatic nitrogens is 4. The van der Waals surface area contributed by atoms with E-state index < -0.39 is 0 Å². The van der Waals surface area contributed by atoms with Crippen molar-refractivity contribution in [2.75, 3.05) is 5.73 Å². The summed E-state index contributed by atoms with van der Waals surface area (Å²) >= 11 is 0. The quantitative estimate of drug-likeness (QED) is 0.568. The maximum atomic E-state index is 9.42. The molecule has 0 unspecified atom stereocenters. The summed E-state index contributed by atoms with van der Waals surface area (Å²) in [5, 5.41) is 9.42. The van der Waals surface area contributed by atoms with Crippen molar-refractivity contribution in [3.8, 4) is 6.07 Å². The Morgan fingerprint density at radius 2 is 1.48 bits per heavy atom. The second kappa shape index (κ2) is 8.28. The fraction of sp³-hybridized carbons (Fsp3) is 0.0870. The van der Waals surface area contributed by atoms with E-state index in [9.17, 15) is 5.26 Å². The van der Waals surface area contributed by atoms with E-state index in [0.29, 0.717) is 5.56 Å². The van der Waals surface area contributed by atoms with Crippen molar-refractivity contribution in [3.63, 3.8) is 0 Å². The summed E-state index contributed by atoms with van der Waals surface area (Å²) < 4.78 is 0. The first kappa shape index (κ1) is 18.3. The van der Waals surface area contributed by atoms with Gasteiger partial charge in [0.05, 0.1) is 17.3 Å². The van der Waals surface area contributed by atoms with Crippen LogP contribution in [0.1, 0.15) is 39.8 Å². The molecular weight excluding hydrogens is 360 g/mol. The lowest BCUT2D eigenvalue weighted by Gasteiger charge is -2.28. The van der Waals surface area contributed by atoms with Gasteiger partial charge in [-0.2, -0.15) is 5.26 Å². The van der Waals surface area contributed by atoms with Gasteiger partial charge in [0.2, 0.25) is 5.95 Å². The fourth-order valence-corrected chi connectivity index (χ4v) is 3.59. The number of rotatable bonds is 5. The molecule has 4 rings (SSSR count). The van der Waals surface area contributed by atoms with Crippen LogP contribution >= 0.6 is 0 Å². The molecule has 0 saturated heterocycles. The number of anilines is 1. The number of hydrogen-bond acceptors (Lipinski definition) is 6. The number of nitrogen functional groups attached to an aromatic ring is 1. The molecule has 0 aliphatic rings. The minimum absolute atomic E-state index is 0.124. The normalized spacial score (nSPS) is 11.7. The highest BCUT2D eigenvalue weighted by Crippen LogP contribution is 2.42. The van der Waals surface area contributed by atoms with E-state index >= 15 is 0 Å². The SMILES string of the molecule is N#Cc1cccc([C@@H](c2ccnc(N)n2)C(c2cccnc2)c2cccnc2)c1. The second-order valence-corrected chi connectivity index (χ2v) is 6.61. The van der Waals surface area contributed by atoms with Crippen LogP contribution in [0, 0.1) is 11.3 Å². The minimum Gasteiger partial charge on any atom is -0.368 e. The van der Waals surface area contributed by atoms with Crippen LogP contribution in [0.15, 0.2) is 85.6 Å². The molecule has 29 heavy (non-hydrogen) atoms. The van der Waals surface area contributed by atoms with E-state index in [1.54, 1.807) is 24.7 Å². The molecule has 1 atom stereocenters. The Morgan fingerprint density at radius 3 is 2.07 bits per heavy atom. The van der Waals surface area contributed by atoms with Crippen molar-refractivity contribution >= 4 is 5.95 Å². The summed E-state index contributed by atoms with van der Waals surface area (Å²) in [6.07, 6.45) is 8.85. The Balaban J connectivity index is 1.97. The van der Waals surface area contributed by atoms with Crippen LogP contribution in [0.4, 0.5) is 5.95 Å². The van der Waals surface area contributed by atoms with E-state index in [4.69, 9.17) is 5.73 Å². The molecule has 2 N–H and O–H groups in total. The summed E-state index contributed by atoms with van der Waals surface area (Å²) in [4.78, 5) is 17.2. The third-order valence-corrected chi connectivity index (χ3v) is 4.81. The second-order valence-electron chi connectivity index (χ2n) is 6.61. The molecule has 0 aliphatic heterocycles. The van der Waals surface area contributed by atoms with Crippen LogP contribution in [0.25, 0.3) is 0 Å². The van der Waals surface area contributed by atoms with Gasteiger partial charge in [-0.05, 0) is 47.0 Å². The topological polar surface area (TPSA) is 101 Å². The first-order valence-corrected chi connectivity index (χ1v) is 9.14. The smallest absolute Gasteiger partial charge is 0.220 e. The Morgan fingerprint density at radius 1 is 0.793 bits per heavy atom. The van der Waals surface area contributed by atoms with Crippen molar-refractivity contribution < 1.29 is 0 Å². The molecule has 4 aromatic rings. The van der Waals surface area contributed by atoms with Crippen molar-refractivity contribution in [2.24, 2.45) is 0 Å². The maximum Gasteiger partial charge on any atom is 0.220 e. The van der Waals surface area contributed by atoms with Gasteiger partial charge >= 0.3 is 0 Å². The van der Waals surface area contributed by atoms with Gasteiger partial charge in [-0.25, -0.2) is 9.97 Å². The van der Waals surface area contributed by atoms with E-state index in [2.05, 4.69) is 26.0 Å². The van der Waals surface area contributed by atoms with Crippen LogP contribution in [0.5, 0.6) is 0 Å². The van der Waals surface area contributed by atoms with Gasteiger partial charge in [-0.1, -0.05) is 24.3 Å². The van der Waals surface area contributed by atoms with Crippen LogP contribution in [-0.2, 0) is 0 Å². The molecule has 0 spiro atoms. The van der Waals surface area contributed by atoms with Gasteiger partial charge < -0.3 is 5.73 Å². The highest BCUT2D eigenvalue weighted by atomic mass is 15.0. The Kier molecular flexibility index (Phi) is 5.21. The summed E-state index contributed by atoms with van der Waals surface area (Å²) in [5.74, 6) is -0.122. The summed E-state index contributed by atoms with van der Waals surface area (Å²) in [7, 11) is 0. The highest BCUT2D eigenvalue weighted by molar-refractivity contribution is 5.44. The lowest BCUT2D eigenvalue weighted by atomic mass is 9.76. The molecule has 140 valence electrons. The van der Waals surface area contributed by atoms with Crippen LogP contribution < -0.4 is 5.73 Å². The zero-order valence-corrected chi connectivity index (χ0v) is 15.6. The highest BCUT2D eigenvalue weighted by Gasteiger charge is 2.30. The van der Waals surface area contributed by atoms with E-state index in [-0.39, 0.29) is 17.8 Å². The Hall–Kier alpha value is -4.11. The van der Waals surface area contributed by atoms with Gasteiger partial charge in [0.15, 0.2) is 0 Å². The Bertz CT molecular complexity index is 1100. The summed E-state index contributed by atoms with van der Waals surface area (Å²) in [6, 6.07) is 19.6. The molecule has 0 amide bonds. The molecule has 3 aromatic heterocycles. The van der Waals surface area contributed by atoms with Crippen molar-refractivity contribution in [3.05, 3.63) is 114 Å². The van der Waals surface area contributed by atoms with Gasteiger partial charge in [0, 0.05) is 42.8 Å². The van der Waals surface area contributed by atoms with Crippen molar-refractivity contribution in [2.45, 2.75) is 11.8 Å². The fourth-order valence-electron chi connectivity index (χ4n) is 3.59. The van der Waals surface area contributed by atoms with Gasteiger partial charge in [-0.3, -0.25) is 9.97 Å². The average molecular weight is 378 g/mol. The first-order chi connectivity index (χ1) is 14.3. The number of hydrogen-bond donors (Lipinski definition) is 1. The molecule has 0 saturated carbocycles. The van der Waals surface area contributed by atoms with Gasteiger partial charge in [-0.15, -0.1) is 0 Å². The van der Waals surface area contributed by atoms with Crippen molar-refractivity contribution in [1.29, 1.82) is 5.26 Å². The lowest BCUT2D eigenvalue weighted by molar-refractivity contribution is 0.668. The molecule has 0 radical (unpaired) electrons. The van der Waals surface area contributed by atoms with Crippen molar-refractivity contribution in [1.82, 2.24) is 19.9 Å². The van der Waals surface area contributed by atoms with E-state index in [1.807, 2.05) is 60.9 Å². The molecule has 0 fully saturated rings. The predicted octanol–water partition coefficient (Wildman–Crippen LogP) is 3.68. The summed E-state index contributed by atoms with van der Waals surface area (Å²) in [5.41, 5.74) is 10.3. The monoisotopic (exact) mass is 378 g/mol. The molecule has 3 heterocycles. The number of nitriles is 1. The largest absolute Gasteiger partial charge is 0.368 e. The molecular formula is C23H18N6. The zero-order chi connectivity index (χ0) is 20.1. The van der Waals surface area contributed by atoms with Gasteiger partial charge in [0.25, 0.3) is 0 Å². The lowest BCUT2D eigenvalue weighted by Crippen LogP contribution is -2.17. The van der Waals surface area contributed by atoms with E-state index in [1.165, 1.54) is 0 Å². The number of nitrogens with zero attached hydrogens (tertiary/aromatic N) is 5. The maximum absolute atomic E-state index is 9.42. The van der Waals surface area contributed by atoms with Crippen LogP contribution in [0.2, 0.25) is 0 Å². The zero-order valence-electron chi connectivity index (χ0n) is 15.6.